The molecular formula is C16H20BN3O5. The van der Waals surface area contributed by atoms with E-state index in [1.54, 1.807) is 38.1 Å². The van der Waals surface area contributed by atoms with Gasteiger partial charge >= 0.3 is 0 Å². The molecule has 0 aliphatic carbocycles. The van der Waals surface area contributed by atoms with Crippen molar-refractivity contribution in [1.82, 2.24) is 10.6 Å². The van der Waals surface area contributed by atoms with Gasteiger partial charge in [-0.15, -0.1) is 0 Å². The molecule has 3 amide bonds. The van der Waals surface area contributed by atoms with Gasteiger partial charge in [0.05, 0.1) is 6.54 Å². The van der Waals surface area contributed by atoms with Crippen molar-refractivity contribution in [3.05, 3.63) is 29.8 Å². The topological polar surface area (TPSA) is 114 Å². The summed E-state index contributed by atoms with van der Waals surface area (Å²) in [7, 11) is 4.88. The summed E-state index contributed by atoms with van der Waals surface area (Å²) in [5.74, 6) is -1.82. The molecule has 1 aromatic rings. The number of ether oxygens (including phenoxy) is 1. The largest absolute Gasteiger partial charge is 0.470 e. The van der Waals surface area contributed by atoms with E-state index in [0.717, 1.165) is 0 Å². The summed E-state index contributed by atoms with van der Waals surface area (Å²) < 4.78 is 4.65. The highest BCUT2D eigenvalue weighted by atomic mass is 16.5. The Kier molecular flexibility index (Phi) is 8.18. The lowest BCUT2D eigenvalue weighted by Crippen LogP contribution is -2.48. The molecule has 1 unspecified atom stereocenters. The number of hydrogen-bond acceptors (Lipinski definition) is 5. The molecule has 0 spiro atoms. The molecule has 3 N–H and O–H groups in total. The first kappa shape index (κ1) is 20.2. The van der Waals surface area contributed by atoms with Gasteiger partial charge in [-0.3, -0.25) is 19.2 Å². The summed E-state index contributed by atoms with van der Waals surface area (Å²) in [5, 5.41) is 7.50. The fourth-order valence-electron chi connectivity index (χ4n) is 1.97. The maximum Gasteiger partial charge on any atom is 0.243 e. The van der Waals surface area contributed by atoms with Gasteiger partial charge in [0.15, 0.2) is 0 Å². The SMILES string of the molecule is [B]C(=O)OCc1ccc(NC(=O)CNC(=O)C(NC=O)C(C)C)cc1. The minimum absolute atomic E-state index is 0.0416. The molecule has 0 aliphatic rings. The Morgan fingerprint density at radius 1 is 1.20 bits per heavy atom. The van der Waals surface area contributed by atoms with Crippen LogP contribution < -0.4 is 16.0 Å². The molecule has 132 valence electrons. The molecule has 1 atom stereocenters. The molecule has 9 heteroatoms. The molecular weight excluding hydrogens is 325 g/mol. The number of carbonyl (C=O) groups is 4. The van der Waals surface area contributed by atoms with Crippen molar-refractivity contribution < 1.29 is 23.9 Å². The summed E-state index contributed by atoms with van der Waals surface area (Å²) in [6.45, 7) is 3.38. The van der Waals surface area contributed by atoms with Crippen LogP contribution in [0.3, 0.4) is 0 Å². The summed E-state index contributed by atoms with van der Waals surface area (Å²) in [6, 6.07) is 5.89. The van der Waals surface area contributed by atoms with E-state index >= 15 is 0 Å². The van der Waals surface area contributed by atoms with Crippen molar-refractivity contribution in [1.29, 1.82) is 0 Å². The monoisotopic (exact) mass is 345 g/mol. The van der Waals surface area contributed by atoms with Crippen molar-refractivity contribution >= 4 is 37.6 Å². The van der Waals surface area contributed by atoms with Gasteiger partial charge in [0, 0.05) is 5.69 Å². The third-order valence-electron chi connectivity index (χ3n) is 3.24. The van der Waals surface area contributed by atoms with Gasteiger partial charge in [-0.25, -0.2) is 0 Å². The molecule has 0 aromatic heterocycles. The lowest BCUT2D eigenvalue weighted by Gasteiger charge is -2.19. The third kappa shape index (κ3) is 7.51. The minimum Gasteiger partial charge on any atom is -0.470 e. The van der Waals surface area contributed by atoms with E-state index in [2.05, 4.69) is 20.7 Å². The van der Waals surface area contributed by atoms with Gasteiger partial charge in [0.25, 0.3) is 0 Å². The first-order valence-corrected chi connectivity index (χ1v) is 7.62. The number of carbonyl (C=O) groups excluding carboxylic acids is 4. The molecule has 0 heterocycles. The lowest BCUT2D eigenvalue weighted by molar-refractivity contribution is -0.128. The molecule has 0 saturated heterocycles. The van der Waals surface area contributed by atoms with Crippen LogP contribution in [0.15, 0.2) is 24.3 Å². The van der Waals surface area contributed by atoms with Crippen LogP contribution >= 0.6 is 0 Å². The van der Waals surface area contributed by atoms with E-state index in [-0.39, 0.29) is 19.1 Å². The molecule has 8 nitrogen and oxygen atoms in total. The van der Waals surface area contributed by atoms with Crippen LogP contribution in [0.4, 0.5) is 10.5 Å². The Balaban J connectivity index is 2.47. The number of amides is 3. The zero-order chi connectivity index (χ0) is 18.8. The average molecular weight is 345 g/mol. The van der Waals surface area contributed by atoms with E-state index in [1.807, 2.05) is 0 Å². The van der Waals surface area contributed by atoms with E-state index in [4.69, 9.17) is 7.85 Å². The Hall–Kier alpha value is -2.84. The number of rotatable bonds is 9. The molecule has 1 rings (SSSR count). The van der Waals surface area contributed by atoms with Crippen LogP contribution in [0, 0.1) is 5.92 Å². The Labute approximate surface area is 147 Å². The van der Waals surface area contributed by atoms with Gasteiger partial charge in [0.2, 0.25) is 31.9 Å². The highest BCUT2D eigenvalue weighted by molar-refractivity contribution is 6.55. The number of hydrogen-bond donors (Lipinski definition) is 3. The number of benzene rings is 1. The molecule has 0 bridgehead atoms. The van der Waals surface area contributed by atoms with Crippen LogP contribution in [0.25, 0.3) is 0 Å². The lowest BCUT2D eigenvalue weighted by atomic mass is 10.0. The second kappa shape index (κ2) is 10.1. The smallest absolute Gasteiger partial charge is 0.243 e. The predicted octanol–water partition coefficient (Wildman–Crippen LogP) is 0.317. The molecule has 0 fully saturated rings. The zero-order valence-corrected chi connectivity index (χ0v) is 14.1. The van der Waals surface area contributed by atoms with E-state index in [1.165, 1.54) is 0 Å². The van der Waals surface area contributed by atoms with E-state index < -0.39 is 23.7 Å². The van der Waals surface area contributed by atoms with Crippen LogP contribution in [-0.2, 0) is 25.7 Å². The highest BCUT2D eigenvalue weighted by Gasteiger charge is 2.21. The van der Waals surface area contributed by atoms with Crippen LogP contribution in [0.5, 0.6) is 0 Å². The van der Waals surface area contributed by atoms with Gasteiger partial charge in [-0.1, -0.05) is 26.0 Å². The fourth-order valence-corrected chi connectivity index (χ4v) is 1.97. The van der Waals surface area contributed by atoms with Crippen molar-refractivity contribution in [3.8, 4) is 0 Å². The minimum atomic E-state index is -0.864. The molecule has 1 aromatic carbocycles. The van der Waals surface area contributed by atoms with Gasteiger partial charge < -0.3 is 20.7 Å². The van der Waals surface area contributed by atoms with Crippen molar-refractivity contribution in [2.24, 2.45) is 5.92 Å². The third-order valence-corrected chi connectivity index (χ3v) is 3.24. The maximum atomic E-state index is 11.9. The van der Waals surface area contributed by atoms with Gasteiger partial charge in [-0.2, -0.15) is 0 Å². The van der Waals surface area contributed by atoms with Gasteiger partial charge in [0.1, 0.15) is 12.6 Å². The summed E-state index contributed by atoms with van der Waals surface area (Å²) in [4.78, 5) is 44.8. The summed E-state index contributed by atoms with van der Waals surface area (Å²) >= 11 is 0. The second-order valence-electron chi connectivity index (χ2n) is 5.58. The van der Waals surface area contributed by atoms with Crippen LogP contribution in [-0.4, -0.2) is 44.5 Å². The maximum absolute atomic E-state index is 11.9. The highest BCUT2D eigenvalue weighted by Crippen LogP contribution is 2.10. The number of anilines is 1. The zero-order valence-electron chi connectivity index (χ0n) is 14.1. The first-order valence-electron chi connectivity index (χ1n) is 7.62. The first-order chi connectivity index (χ1) is 11.8. The number of nitrogens with one attached hydrogen (secondary N) is 3. The summed E-state index contributed by atoms with van der Waals surface area (Å²) in [5.41, 5.74) is 1.23. The standard InChI is InChI=1S/C16H20BN3O5/c1-10(2)14(19-9-21)15(23)18-7-13(22)20-12-5-3-11(4-6-12)8-25-16(17)24/h3-6,9-10,14H,7-8H2,1-2H3,(H,18,23)(H,19,21)(H,20,22). The molecule has 2 radical (unpaired) electrons. The Morgan fingerprint density at radius 3 is 2.36 bits per heavy atom. The van der Waals surface area contributed by atoms with Crippen LogP contribution in [0.2, 0.25) is 0 Å². The van der Waals surface area contributed by atoms with E-state index in [0.29, 0.717) is 17.7 Å². The molecule has 0 aliphatic heterocycles. The molecule has 0 saturated carbocycles. The summed E-state index contributed by atoms with van der Waals surface area (Å²) in [6.07, 6.45) is 0.452. The predicted molar refractivity (Wildman–Crippen MR) is 91.8 cm³/mol. The van der Waals surface area contributed by atoms with Crippen molar-refractivity contribution in [2.75, 3.05) is 11.9 Å². The Morgan fingerprint density at radius 2 is 1.84 bits per heavy atom. The van der Waals surface area contributed by atoms with Crippen LogP contribution in [0.1, 0.15) is 19.4 Å². The second-order valence-corrected chi connectivity index (χ2v) is 5.58. The fraction of sp³-hybridized carbons (Fsp3) is 0.375. The Bertz CT molecular complexity index is 619. The quantitative estimate of drug-likeness (QED) is 0.441. The van der Waals surface area contributed by atoms with Crippen molar-refractivity contribution in [3.63, 3.8) is 0 Å². The molecule has 25 heavy (non-hydrogen) atoms. The van der Waals surface area contributed by atoms with Gasteiger partial charge in [-0.05, 0) is 23.6 Å². The van der Waals surface area contributed by atoms with Crippen molar-refractivity contribution in [2.45, 2.75) is 26.5 Å². The normalized spacial score (nSPS) is 11.3. The average Bonchev–Trinajstić information content (AvgIpc) is 2.56. The van der Waals surface area contributed by atoms with E-state index in [9.17, 15) is 19.2 Å².